The maximum absolute atomic E-state index is 10.1. The highest BCUT2D eigenvalue weighted by Gasteiger charge is 2.30. The smallest absolute Gasteiger partial charge is 0.0701 e. The number of rotatable bonds is 3. The van der Waals surface area contributed by atoms with Crippen LogP contribution in [0, 0.1) is 11.8 Å². The molecule has 1 saturated heterocycles. The minimum atomic E-state index is 0.137. The molecule has 3 rings (SSSR count). The Hall–Kier alpha value is -1.10. The van der Waals surface area contributed by atoms with Gasteiger partial charge in [0.05, 0.1) is 6.61 Å². The molecule has 2 atom stereocenters. The third-order valence-electron chi connectivity index (χ3n) is 5.67. The summed E-state index contributed by atoms with van der Waals surface area (Å²) in [7, 11) is 2.19. The third-order valence-corrected chi connectivity index (χ3v) is 5.67. The Morgan fingerprint density at radius 2 is 2.00 bits per heavy atom. The van der Waals surface area contributed by atoms with Gasteiger partial charge in [-0.25, -0.2) is 0 Å². The maximum Gasteiger partial charge on any atom is 0.0701 e. The number of nitrogens with zero attached hydrogens (tertiary/aromatic N) is 2. The van der Waals surface area contributed by atoms with E-state index in [9.17, 15) is 5.11 Å². The van der Waals surface area contributed by atoms with E-state index < -0.39 is 0 Å². The summed E-state index contributed by atoms with van der Waals surface area (Å²) in [4.78, 5) is 4.91. The van der Waals surface area contributed by atoms with E-state index >= 15 is 0 Å². The van der Waals surface area contributed by atoms with Crippen molar-refractivity contribution in [1.29, 1.82) is 0 Å². The van der Waals surface area contributed by atoms with Crippen molar-refractivity contribution >= 4 is 0 Å². The first-order chi connectivity index (χ1) is 11.1. The second-order valence-corrected chi connectivity index (χ2v) is 7.52. The van der Waals surface area contributed by atoms with Crippen molar-refractivity contribution in [1.82, 2.24) is 15.1 Å². The van der Waals surface area contributed by atoms with Gasteiger partial charge in [0.1, 0.15) is 0 Å². The number of allylic oxidation sites excluding steroid dienone is 3. The summed E-state index contributed by atoms with van der Waals surface area (Å²) in [5.74, 6) is 1.14. The number of hydrogen-bond acceptors (Lipinski definition) is 4. The molecule has 2 heterocycles. The topological polar surface area (TPSA) is 38.7 Å². The van der Waals surface area contributed by atoms with E-state index in [2.05, 4.69) is 48.3 Å². The van der Waals surface area contributed by atoms with Crippen LogP contribution in [-0.2, 0) is 0 Å². The molecule has 3 aliphatic rings. The molecular weight excluding hydrogens is 286 g/mol. The molecule has 4 heteroatoms. The van der Waals surface area contributed by atoms with Gasteiger partial charge >= 0.3 is 0 Å². The fourth-order valence-electron chi connectivity index (χ4n) is 3.99. The quantitative estimate of drug-likeness (QED) is 0.835. The largest absolute Gasteiger partial charge is 0.392 e. The lowest BCUT2D eigenvalue weighted by Crippen LogP contribution is -2.45. The molecule has 0 aromatic carbocycles. The van der Waals surface area contributed by atoms with Gasteiger partial charge in [0.2, 0.25) is 0 Å². The van der Waals surface area contributed by atoms with E-state index in [0.717, 1.165) is 51.1 Å². The molecule has 2 aliphatic heterocycles. The zero-order valence-corrected chi connectivity index (χ0v) is 14.8. The molecule has 0 aromatic rings. The van der Waals surface area contributed by atoms with E-state index in [1.807, 2.05) is 0 Å². The van der Waals surface area contributed by atoms with Crippen LogP contribution in [0.4, 0.5) is 0 Å². The van der Waals surface area contributed by atoms with Gasteiger partial charge in [-0.05, 0) is 44.5 Å². The van der Waals surface area contributed by atoms with Crippen LogP contribution in [-0.4, -0.2) is 61.3 Å². The SMILES string of the molecule is CC1=CNC2=C(CO)C(CN3CCN(C)CC3)=CC[C@H](C)C2C1. The molecule has 0 bridgehead atoms. The first kappa shape index (κ1) is 16.7. The highest BCUT2D eigenvalue weighted by atomic mass is 16.3. The maximum atomic E-state index is 10.1. The van der Waals surface area contributed by atoms with Gasteiger partial charge in [-0.15, -0.1) is 0 Å². The Kier molecular flexibility index (Phi) is 5.24. The zero-order chi connectivity index (χ0) is 16.4. The predicted octanol–water partition coefficient (Wildman–Crippen LogP) is 1.96. The molecule has 0 amide bonds. The Balaban J connectivity index is 1.82. The fourth-order valence-corrected chi connectivity index (χ4v) is 3.99. The Morgan fingerprint density at radius 3 is 2.70 bits per heavy atom. The van der Waals surface area contributed by atoms with Crippen LogP contribution >= 0.6 is 0 Å². The summed E-state index contributed by atoms with van der Waals surface area (Å²) in [6, 6.07) is 0. The molecule has 1 fully saturated rings. The summed E-state index contributed by atoms with van der Waals surface area (Å²) >= 11 is 0. The van der Waals surface area contributed by atoms with Crippen LogP contribution in [0.25, 0.3) is 0 Å². The number of hydrogen-bond donors (Lipinski definition) is 2. The van der Waals surface area contributed by atoms with Crippen LogP contribution in [0.3, 0.4) is 0 Å². The molecule has 0 radical (unpaired) electrons. The third kappa shape index (κ3) is 3.70. The molecule has 0 aromatic heterocycles. The van der Waals surface area contributed by atoms with E-state index in [1.54, 1.807) is 0 Å². The summed E-state index contributed by atoms with van der Waals surface area (Å²) in [6.07, 6.45) is 6.72. The summed E-state index contributed by atoms with van der Waals surface area (Å²) in [5.41, 5.74) is 5.15. The summed E-state index contributed by atoms with van der Waals surface area (Å²) in [6.45, 7) is 10.2. The van der Waals surface area contributed by atoms with Crippen molar-refractivity contribution in [2.24, 2.45) is 11.8 Å². The standard InChI is InChI=1S/C19H31N3O/c1-14-10-17-15(2)4-5-16(18(13-23)19(17)20-11-14)12-22-8-6-21(3)7-9-22/h5,11,15,17,20,23H,4,6-10,12-13H2,1-3H3/t15-,17?/m0/s1. The van der Waals surface area contributed by atoms with Crippen LogP contribution < -0.4 is 5.32 Å². The van der Waals surface area contributed by atoms with Crippen molar-refractivity contribution in [3.8, 4) is 0 Å². The molecule has 0 saturated carbocycles. The lowest BCUT2D eigenvalue weighted by atomic mass is 9.82. The van der Waals surface area contributed by atoms with Crippen molar-refractivity contribution < 1.29 is 5.11 Å². The van der Waals surface area contributed by atoms with Gasteiger partial charge in [0, 0.05) is 49.9 Å². The molecule has 2 N–H and O–H groups in total. The van der Waals surface area contributed by atoms with Gasteiger partial charge < -0.3 is 15.3 Å². The zero-order valence-electron chi connectivity index (χ0n) is 14.8. The second-order valence-electron chi connectivity index (χ2n) is 7.52. The fraction of sp³-hybridized carbons (Fsp3) is 0.684. The Bertz CT molecular complexity index is 527. The number of aliphatic hydroxyl groups excluding tert-OH is 1. The van der Waals surface area contributed by atoms with Crippen LogP contribution in [0.15, 0.2) is 34.7 Å². The highest BCUT2D eigenvalue weighted by Crippen LogP contribution is 2.37. The van der Waals surface area contributed by atoms with Crippen molar-refractivity contribution in [2.45, 2.75) is 26.7 Å². The molecule has 0 spiro atoms. The predicted molar refractivity (Wildman–Crippen MR) is 94.9 cm³/mol. The van der Waals surface area contributed by atoms with Gasteiger partial charge in [-0.3, -0.25) is 4.90 Å². The molecule has 128 valence electrons. The number of nitrogens with one attached hydrogen (secondary N) is 1. The van der Waals surface area contributed by atoms with Crippen molar-refractivity contribution in [3.05, 3.63) is 34.7 Å². The molecule has 23 heavy (non-hydrogen) atoms. The average molecular weight is 317 g/mol. The van der Waals surface area contributed by atoms with E-state index in [-0.39, 0.29) is 6.61 Å². The molecule has 4 nitrogen and oxygen atoms in total. The molecule has 1 unspecified atom stereocenters. The first-order valence-corrected chi connectivity index (χ1v) is 8.95. The van der Waals surface area contributed by atoms with Crippen molar-refractivity contribution in [3.63, 3.8) is 0 Å². The Labute approximate surface area is 140 Å². The lowest BCUT2D eigenvalue weighted by molar-refractivity contribution is 0.163. The van der Waals surface area contributed by atoms with Crippen LogP contribution in [0.5, 0.6) is 0 Å². The van der Waals surface area contributed by atoms with Gasteiger partial charge in [0.15, 0.2) is 0 Å². The monoisotopic (exact) mass is 317 g/mol. The van der Waals surface area contributed by atoms with E-state index in [1.165, 1.54) is 16.8 Å². The van der Waals surface area contributed by atoms with Gasteiger partial charge in [-0.1, -0.05) is 18.6 Å². The van der Waals surface area contributed by atoms with Crippen LogP contribution in [0.1, 0.15) is 26.7 Å². The number of piperazine rings is 1. The molecule has 1 aliphatic carbocycles. The normalized spacial score (nSPS) is 30.3. The first-order valence-electron chi connectivity index (χ1n) is 8.95. The Morgan fingerprint density at radius 1 is 1.26 bits per heavy atom. The van der Waals surface area contributed by atoms with Crippen molar-refractivity contribution in [2.75, 3.05) is 46.4 Å². The van der Waals surface area contributed by atoms with Gasteiger partial charge in [0.25, 0.3) is 0 Å². The van der Waals surface area contributed by atoms with E-state index in [0.29, 0.717) is 11.8 Å². The second kappa shape index (κ2) is 7.20. The average Bonchev–Trinajstić information content (AvgIpc) is 2.67. The lowest BCUT2D eigenvalue weighted by Gasteiger charge is -2.34. The minimum Gasteiger partial charge on any atom is -0.392 e. The number of fused-ring (bicyclic) bond motifs is 1. The molecular formula is C19H31N3O. The summed E-state index contributed by atoms with van der Waals surface area (Å²) < 4.78 is 0. The number of likely N-dealkylation sites (N-methyl/N-ethyl adjacent to an activating group) is 1. The van der Waals surface area contributed by atoms with Gasteiger partial charge in [-0.2, -0.15) is 0 Å². The highest BCUT2D eigenvalue weighted by molar-refractivity contribution is 5.41. The van der Waals surface area contributed by atoms with E-state index in [4.69, 9.17) is 0 Å². The summed E-state index contributed by atoms with van der Waals surface area (Å²) in [5, 5.41) is 13.6. The minimum absolute atomic E-state index is 0.137. The van der Waals surface area contributed by atoms with Crippen LogP contribution in [0.2, 0.25) is 0 Å². The number of aliphatic hydroxyl groups is 1.